The van der Waals surface area contributed by atoms with Crippen LogP contribution >= 0.6 is 0 Å². The summed E-state index contributed by atoms with van der Waals surface area (Å²) in [4.78, 5) is 9.00. The molecule has 0 aromatic carbocycles. The Morgan fingerprint density at radius 3 is 2.18 bits per heavy atom. The summed E-state index contributed by atoms with van der Waals surface area (Å²) in [5, 5.41) is 16.4. The van der Waals surface area contributed by atoms with Crippen LogP contribution in [0.15, 0.2) is 0 Å². The number of hydrogen-bond acceptors (Lipinski definition) is 2. The van der Waals surface area contributed by atoms with Gasteiger partial charge in [0, 0.05) is 12.8 Å². The van der Waals surface area contributed by atoms with Crippen LogP contribution in [-0.2, 0) is 4.79 Å². The van der Waals surface area contributed by atoms with Gasteiger partial charge in [0.1, 0.15) is 6.10 Å². The second-order valence-corrected chi connectivity index (χ2v) is 3.30. The molecule has 6 heteroatoms. The molecule has 0 fully saturated rings. The van der Waals surface area contributed by atoms with Crippen molar-refractivity contribution in [2.45, 2.75) is 51.8 Å². The molecule has 0 aromatic heterocycles. The van der Waals surface area contributed by atoms with Crippen LogP contribution in [0.4, 0.5) is 13.2 Å². The first-order valence-corrected chi connectivity index (χ1v) is 5.16. The van der Waals surface area contributed by atoms with Crippen molar-refractivity contribution in [2.75, 3.05) is 0 Å². The number of rotatable bonds is 4. The number of carboxylic acid groups (broad SMARTS) is 1. The number of aliphatic hydroxyl groups excluding tert-OH is 1. The van der Waals surface area contributed by atoms with Gasteiger partial charge in [-0.15, -0.1) is 0 Å². The smallest absolute Gasteiger partial charge is 0.457 e. The fraction of sp³-hybridized carbons (Fsp3) is 0.727. The zero-order valence-electron chi connectivity index (χ0n) is 9.84. The van der Waals surface area contributed by atoms with Crippen LogP contribution in [0, 0.1) is 11.8 Å². The number of aliphatic hydroxyl groups is 1. The molecule has 17 heavy (non-hydrogen) atoms. The molecule has 0 heterocycles. The second kappa shape index (κ2) is 9.97. The van der Waals surface area contributed by atoms with Gasteiger partial charge in [0.05, 0.1) is 0 Å². The highest BCUT2D eigenvalue weighted by atomic mass is 19.4. The molecule has 0 unspecified atom stereocenters. The number of halogens is 3. The summed E-state index contributed by atoms with van der Waals surface area (Å²) < 4.78 is 34.6. The Balaban J connectivity index is 0. The average Bonchev–Trinajstić information content (AvgIpc) is 2.13. The van der Waals surface area contributed by atoms with E-state index in [1.165, 1.54) is 0 Å². The van der Waals surface area contributed by atoms with Gasteiger partial charge in [0.15, 0.2) is 0 Å². The Labute approximate surface area is 98.6 Å². The van der Waals surface area contributed by atoms with E-state index in [0.29, 0.717) is 12.8 Å². The predicted octanol–water partition coefficient (Wildman–Crippen LogP) is 2.58. The molecule has 3 nitrogen and oxygen atoms in total. The number of alkyl halides is 3. The van der Waals surface area contributed by atoms with Crippen molar-refractivity contribution >= 4 is 5.97 Å². The molecule has 0 aliphatic heterocycles. The SMILES string of the molecule is CC(=O)O.CCCCC[C@@H](O)C#CC(F)(F)F. The Bertz CT molecular complexity index is 259. The lowest BCUT2D eigenvalue weighted by molar-refractivity contribution is -0.134. The molecule has 0 aliphatic rings. The standard InChI is InChI=1S/C9H13F3O.C2H4O2/c1-2-3-4-5-8(13)6-7-9(10,11)12;1-2(3)4/h8,13H,2-5H2,1H3;1H3,(H,3,4)/t8-;/m1./s1. The van der Waals surface area contributed by atoms with Crippen LogP contribution < -0.4 is 0 Å². The third kappa shape index (κ3) is 25.2. The van der Waals surface area contributed by atoms with Crippen molar-refractivity contribution in [3.05, 3.63) is 0 Å². The fourth-order valence-electron chi connectivity index (χ4n) is 0.825. The molecule has 2 N–H and O–H groups in total. The van der Waals surface area contributed by atoms with Crippen LogP contribution in [0.25, 0.3) is 0 Å². The topological polar surface area (TPSA) is 57.5 Å². The van der Waals surface area contributed by atoms with Crippen molar-refractivity contribution < 1.29 is 28.2 Å². The minimum atomic E-state index is -4.49. The summed E-state index contributed by atoms with van der Waals surface area (Å²) in [5.41, 5.74) is 0. The van der Waals surface area contributed by atoms with Gasteiger partial charge >= 0.3 is 6.18 Å². The van der Waals surface area contributed by atoms with Gasteiger partial charge in [0.25, 0.3) is 5.97 Å². The lowest BCUT2D eigenvalue weighted by Gasteiger charge is -2.01. The number of carboxylic acids is 1. The predicted molar refractivity (Wildman–Crippen MR) is 57.3 cm³/mol. The van der Waals surface area contributed by atoms with Crippen molar-refractivity contribution in [1.29, 1.82) is 0 Å². The first-order valence-electron chi connectivity index (χ1n) is 5.16. The minimum absolute atomic E-state index is 0.316. The molecule has 0 aromatic rings. The zero-order valence-corrected chi connectivity index (χ0v) is 9.84. The highest BCUT2D eigenvalue weighted by Gasteiger charge is 2.23. The average molecular weight is 254 g/mol. The second-order valence-electron chi connectivity index (χ2n) is 3.30. The van der Waals surface area contributed by atoms with E-state index in [1.54, 1.807) is 5.92 Å². The molecule has 0 bridgehead atoms. The minimum Gasteiger partial charge on any atom is -0.481 e. The monoisotopic (exact) mass is 254 g/mol. The molecule has 0 aliphatic carbocycles. The molecule has 0 saturated heterocycles. The maximum absolute atomic E-state index is 11.5. The molecule has 1 atom stereocenters. The number of hydrogen-bond donors (Lipinski definition) is 2. The van der Waals surface area contributed by atoms with Crippen LogP contribution in [0.3, 0.4) is 0 Å². The van der Waals surface area contributed by atoms with Crippen molar-refractivity contribution in [3.63, 3.8) is 0 Å². The van der Waals surface area contributed by atoms with Crippen LogP contribution in [0.2, 0.25) is 0 Å². The summed E-state index contributed by atoms with van der Waals surface area (Å²) in [5.74, 6) is 1.98. The molecule has 100 valence electrons. The largest absolute Gasteiger partial charge is 0.481 e. The lowest BCUT2D eigenvalue weighted by atomic mass is 10.1. The Morgan fingerprint density at radius 1 is 1.35 bits per heavy atom. The Hall–Kier alpha value is -1.22. The van der Waals surface area contributed by atoms with E-state index in [9.17, 15) is 13.2 Å². The first-order chi connectivity index (χ1) is 7.69. The van der Waals surface area contributed by atoms with Crippen LogP contribution in [0.1, 0.15) is 39.5 Å². The molecular weight excluding hydrogens is 237 g/mol. The highest BCUT2D eigenvalue weighted by molar-refractivity contribution is 5.62. The van der Waals surface area contributed by atoms with Gasteiger partial charge in [-0.25, -0.2) is 0 Å². The van der Waals surface area contributed by atoms with Gasteiger partial charge in [-0.3, -0.25) is 4.79 Å². The number of aliphatic carboxylic acids is 1. The van der Waals surface area contributed by atoms with E-state index in [0.717, 1.165) is 25.7 Å². The molecule has 0 radical (unpaired) electrons. The third-order valence-electron chi connectivity index (χ3n) is 1.46. The summed E-state index contributed by atoms with van der Waals surface area (Å²) >= 11 is 0. The number of carbonyl (C=O) groups is 1. The van der Waals surface area contributed by atoms with E-state index in [2.05, 4.69) is 0 Å². The number of unbranched alkanes of at least 4 members (excludes halogenated alkanes) is 2. The highest BCUT2D eigenvalue weighted by Crippen LogP contribution is 2.12. The maximum Gasteiger partial charge on any atom is 0.457 e. The van der Waals surface area contributed by atoms with Crippen LogP contribution in [0.5, 0.6) is 0 Å². The molecular formula is C11H17F3O3. The fourth-order valence-corrected chi connectivity index (χ4v) is 0.825. The van der Waals surface area contributed by atoms with Gasteiger partial charge in [-0.2, -0.15) is 13.2 Å². The summed E-state index contributed by atoms with van der Waals surface area (Å²) in [6.45, 7) is 3.06. The molecule has 0 rings (SSSR count). The summed E-state index contributed by atoms with van der Waals surface area (Å²) in [6, 6.07) is 0. The van der Waals surface area contributed by atoms with E-state index < -0.39 is 18.2 Å². The summed E-state index contributed by atoms with van der Waals surface area (Å²) in [6.07, 6.45) is -2.73. The van der Waals surface area contributed by atoms with Crippen molar-refractivity contribution in [3.8, 4) is 11.8 Å². The van der Waals surface area contributed by atoms with Gasteiger partial charge in [0.2, 0.25) is 0 Å². The van der Waals surface area contributed by atoms with Gasteiger partial charge < -0.3 is 10.2 Å². The van der Waals surface area contributed by atoms with E-state index >= 15 is 0 Å². The summed E-state index contributed by atoms with van der Waals surface area (Å²) in [7, 11) is 0. The molecule has 0 saturated carbocycles. The van der Waals surface area contributed by atoms with Crippen LogP contribution in [-0.4, -0.2) is 28.5 Å². The zero-order chi connectivity index (χ0) is 13.9. The normalized spacial score (nSPS) is 11.6. The maximum atomic E-state index is 11.5. The van der Waals surface area contributed by atoms with Gasteiger partial charge in [-0.1, -0.05) is 25.7 Å². The van der Waals surface area contributed by atoms with E-state index in [-0.39, 0.29) is 0 Å². The lowest BCUT2D eigenvalue weighted by Crippen LogP contribution is -2.07. The Kier molecular flexibility index (Phi) is 10.6. The third-order valence-corrected chi connectivity index (χ3v) is 1.46. The van der Waals surface area contributed by atoms with Crippen molar-refractivity contribution in [2.24, 2.45) is 0 Å². The van der Waals surface area contributed by atoms with Gasteiger partial charge in [-0.05, 0) is 12.8 Å². The quantitative estimate of drug-likeness (QED) is 0.599. The van der Waals surface area contributed by atoms with E-state index in [4.69, 9.17) is 15.0 Å². The van der Waals surface area contributed by atoms with Crippen molar-refractivity contribution in [1.82, 2.24) is 0 Å². The molecule has 0 amide bonds. The molecule has 0 spiro atoms. The Morgan fingerprint density at radius 2 is 1.82 bits per heavy atom. The first kappa shape index (κ1) is 18.2. The van der Waals surface area contributed by atoms with E-state index in [1.807, 2.05) is 6.92 Å².